The first-order valence-corrected chi connectivity index (χ1v) is 6.84. The van der Waals surface area contributed by atoms with E-state index in [0.29, 0.717) is 11.6 Å². The predicted octanol–water partition coefficient (Wildman–Crippen LogP) is 3.17. The molecule has 0 saturated heterocycles. The fourth-order valence-corrected chi connectivity index (χ4v) is 2.33. The van der Waals surface area contributed by atoms with Crippen molar-refractivity contribution in [3.05, 3.63) is 64.7 Å². The van der Waals surface area contributed by atoms with Crippen molar-refractivity contribution in [1.82, 2.24) is 5.32 Å². The minimum Gasteiger partial charge on any atom is -0.496 e. The summed E-state index contributed by atoms with van der Waals surface area (Å²) < 4.78 is 5.31. The van der Waals surface area contributed by atoms with Crippen molar-refractivity contribution in [2.24, 2.45) is 0 Å². The molecule has 0 spiro atoms. The number of aliphatic hydroxyl groups is 1. The summed E-state index contributed by atoms with van der Waals surface area (Å²) >= 11 is 6.20. The largest absolute Gasteiger partial charge is 0.496 e. The van der Waals surface area contributed by atoms with Gasteiger partial charge in [-0.25, -0.2) is 0 Å². The van der Waals surface area contributed by atoms with E-state index in [1.54, 1.807) is 7.11 Å². The van der Waals surface area contributed by atoms with Crippen LogP contribution in [0.5, 0.6) is 5.75 Å². The van der Waals surface area contributed by atoms with Crippen molar-refractivity contribution in [3.8, 4) is 5.75 Å². The predicted molar refractivity (Wildman–Crippen MR) is 81.1 cm³/mol. The highest BCUT2D eigenvalue weighted by atomic mass is 35.5. The van der Waals surface area contributed by atoms with E-state index in [1.807, 2.05) is 48.5 Å². The molecule has 20 heavy (non-hydrogen) atoms. The molecular weight excluding hydrogens is 274 g/mol. The molecule has 0 heterocycles. The maximum Gasteiger partial charge on any atom is 0.124 e. The maximum atomic E-state index is 9.53. The van der Waals surface area contributed by atoms with Crippen LogP contribution in [0, 0.1) is 0 Å². The van der Waals surface area contributed by atoms with E-state index in [1.165, 1.54) is 0 Å². The Labute approximate surface area is 124 Å². The molecule has 0 unspecified atom stereocenters. The standard InChI is InChI=1S/C16H18ClNO2/c1-20-16-9-5-8-14(17)13(16)10-18-15(11-19)12-6-3-2-4-7-12/h2-9,15,18-19H,10-11H2,1H3/t15-/m0/s1. The highest BCUT2D eigenvalue weighted by Gasteiger charge is 2.12. The van der Waals surface area contributed by atoms with Gasteiger partial charge in [-0.2, -0.15) is 0 Å². The molecule has 0 saturated carbocycles. The number of nitrogens with one attached hydrogen (secondary N) is 1. The Morgan fingerprint density at radius 3 is 2.55 bits per heavy atom. The topological polar surface area (TPSA) is 41.5 Å². The first kappa shape index (κ1) is 14.9. The number of methoxy groups -OCH3 is 1. The van der Waals surface area contributed by atoms with E-state index in [9.17, 15) is 5.11 Å². The van der Waals surface area contributed by atoms with Gasteiger partial charge in [0.05, 0.1) is 19.8 Å². The van der Waals surface area contributed by atoms with Gasteiger partial charge in [0.25, 0.3) is 0 Å². The molecule has 0 fully saturated rings. The van der Waals surface area contributed by atoms with Gasteiger partial charge in [-0.05, 0) is 17.7 Å². The van der Waals surface area contributed by atoms with E-state index in [4.69, 9.17) is 16.3 Å². The van der Waals surface area contributed by atoms with Crippen LogP contribution < -0.4 is 10.1 Å². The normalized spacial score (nSPS) is 12.2. The summed E-state index contributed by atoms with van der Waals surface area (Å²) in [4.78, 5) is 0. The Morgan fingerprint density at radius 2 is 1.90 bits per heavy atom. The van der Waals surface area contributed by atoms with Crippen LogP contribution in [0.2, 0.25) is 5.02 Å². The second-order valence-corrected chi connectivity index (χ2v) is 4.85. The Hall–Kier alpha value is -1.55. The van der Waals surface area contributed by atoms with Crippen molar-refractivity contribution >= 4 is 11.6 Å². The number of aliphatic hydroxyl groups excluding tert-OH is 1. The van der Waals surface area contributed by atoms with E-state index in [2.05, 4.69) is 5.32 Å². The lowest BCUT2D eigenvalue weighted by molar-refractivity contribution is 0.243. The minimum absolute atomic E-state index is 0.0246. The van der Waals surface area contributed by atoms with Gasteiger partial charge in [0.2, 0.25) is 0 Å². The molecule has 0 aliphatic heterocycles. The number of hydrogen-bond acceptors (Lipinski definition) is 3. The van der Waals surface area contributed by atoms with E-state index in [-0.39, 0.29) is 12.6 Å². The van der Waals surface area contributed by atoms with Gasteiger partial charge >= 0.3 is 0 Å². The van der Waals surface area contributed by atoms with Crippen LogP contribution in [0.4, 0.5) is 0 Å². The van der Waals surface area contributed by atoms with Crippen LogP contribution in [0.25, 0.3) is 0 Å². The van der Waals surface area contributed by atoms with Crippen LogP contribution >= 0.6 is 11.6 Å². The van der Waals surface area contributed by atoms with Crippen molar-refractivity contribution < 1.29 is 9.84 Å². The average molecular weight is 292 g/mol. The first-order valence-electron chi connectivity index (χ1n) is 6.46. The van der Waals surface area contributed by atoms with Gasteiger partial charge in [-0.15, -0.1) is 0 Å². The summed E-state index contributed by atoms with van der Waals surface area (Å²) in [5.41, 5.74) is 1.94. The second kappa shape index (κ2) is 7.29. The molecule has 0 aromatic heterocycles. The summed E-state index contributed by atoms with van der Waals surface area (Å²) in [6.45, 7) is 0.555. The quantitative estimate of drug-likeness (QED) is 0.859. The molecule has 0 radical (unpaired) electrons. The summed E-state index contributed by atoms with van der Waals surface area (Å²) in [5.74, 6) is 0.745. The van der Waals surface area contributed by atoms with Crippen molar-refractivity contribution in [2.75, 3.05) is 13.7 Å². The maximum absolute atomic E-state index is 9.53. The van der Waals surface area contributed by atoms with E-state index < -0.39 is 0 Å². The summed E-state index contributed by atoms with van der Waals surface area (Å²) in [6, 6.07) is 15.3. The average Bonchev–Trinajstić information content (AvgIpc) is 2.50. The zero-order valence-electron chi connectivity index (χ0n) is 11.3. The molecule has 2 aromatic rings. The molecule has 3 nitrogen and oxygen atoms in total. The molecule has 0 amide bonds. The molecular formula is C16H18ClNO2. The summed E-state index contributed by atoms with van der Waals surface area (Å²) in [5, 5.41) is 13.5. The zero-order chi connectivity index (χ0) is 14.4. The molecule has 0 aliphatic rings. The van der Waals surface area contributed by atoms with Gasteiger partial charge < -0.3 is 15.2 Å². The van der Waals surface area contributed by atoms with Crippen molar-refractivity contribution in [3.63, 3.8) is 0 Å². The Kier molecular flexibility index (Phi) is 5.41. The highest BCUT2D eigenvalue weighted by molar-refractivity contribution is 6.31. The molecule has 2 rings (SSSR count). The van der Waals surface area contributed by atoms with Gasteiger partial charge in [0.15, 0.2) is 0 Å². The Bertz CT molecular complexity index is 545. The molecule has 106 valence electrons. The van der Waals surface area contributed by atoms with Crippen LogP contribution in [0.15, 0.2) is 48.5 Å². The van der Waals surface area contributed by atoms with Crippen molar-refractivity contribution in [1.29, 1.82) is 0 Å². The first-order chi connectivity index (χ1) is 9.76. The number of rotatable bonds is 6. The lowest BCUT2D eigenvalue weighted by atomic mass is 10.1. The van der Waals surface area contributed by atoms with Gasteiger partial charge in [0, 0.05) is 17.1 Å². The fourth-order valence-electron chi connectivity index (χ4n) is 2.10. The fraction of sp³-hybridized carbons (Fsp3) is 0.250. The Morgan fingerprint density at radius 1 is 1.15 bits per heavy atom. The lowest BCUT2D eigenvalue weighted by Crippen LogP contribution is -2.24. The van der Waals surface area contributed by atoms with Crippen molar-refractivity contribution in [2.45, 2.75) is 12.6 Å². The second-order valence-electron chi connectivity index (χ2n) is 4.45. The zero-order valence-corrected chi connectivity index (χ0v) is 12.1. The number of benzene rings is 2. The number of ether oxygens (including phenoxy) is 1. The van der Waals surface area contributed by atoms with Gasteiger partial charge in [0.1, 0.15) is 5.75 Å². The highest BCUT2D eigenvalue weighted by Crippen LogP contribution is 2.26. The van der Waals surface area contributed by atoms with Crippen LogP contribution in [0.3, 0.4) is 0 Å². The van der Waals surface area contributed by atoms with Crippen LogP contribution in [0.1, 0.15) is 17.2 Å². The van der Waals surface area contributed by atoms with Crippen LogP contribution in [-0.2, 0) is 6.54 Å². The van der Waals surface area contributed by atoms with Gasteiger partial charge in [-0.3, -0.25) is 0 Å². The monoisotopic (exact) mass is 291 g/mol. The Balaban J connectivity index is 2.11. The lowest BCUT2D eigenvalue weighted by Gasteiger charge is -2.18. The SMILES string of the molecule is COc1cccc(Cl)c1CN[C@@H](CO)c1ccccc1. The molecule has 0 aliphatic carbocycles. The summed E-state index contributed by atoms with van der Waals surface area (Å²) in [6.07, 6.45) is 0. The third-order valence-electron chi connectivity index (χ3n) is 3.21. The molecule has 2 aromatic carbocycles. The number of halogens is 1. The molecule has 4 heteroatoms. The number of hydrogen-bond donors (Lipinski definition) is 2. The van der Waals surface area contributed by atoms with E-state index >= 15 is 0 Å². The summed E-state index contributed by atoms with van der Waals surface area (Å²) in [7, 11) is 1.62. The molecule has 1 atom stereocenters. The third-order valence-corrected chi connectivity index (χ3v) is 3.56. The minimum atomic E-state index is -0.128. The van der Waals surface area contributed by atoms with Crippen LogP contribution in [-0.4, -0.2) is 18.8 Å². The third kappa shape index (κ3) is 3.51. The van der Waals surface area contributed by atoms with E-state index in [0.717, 1.165) is 16.9 Å². The molecule has 2 N–H and O–H groups in total. The molecule has 0 bridgehead atoms. The van der Waals surface area contributed by atoms with Gasteiger partial charge in [-0.1, -0.05) is 48.0 Å². The smallest absolute Gasteiger partial charge is 0.124 e.